The van der Waals surface area contributed by atoms with Crippen molar-refractivity contribution in [1.29, 1.82) is 0 Å². The molecular weight excluding hydrogens is 218 g/mol. The largest absolute Gasteiger partial charge is 0.264 e. The van der Waals surface area contributed by atoms with Gasteiger partial charge in [-0.25, -0.2) is 0 Å². The normalized spacial score (nSPS) is 10.3. The van der Waals surface area contributed by atoms with E-state index in [-0.39, 0.29) is 0 Å². The molecule has 4 heteroatoms. The van der Waals surface area contributed by atoms with Gasteiger partial charge in [-0.1, -0.05) is 6.92 Å². The Hall–Kier alpha value is -1.42. The maximum atomic E-state index is 4.19. The molecule has 0 saturated carbocycles. The minimum absolute atomic E-state index is 0.869. The molecule has 0 aliphatic heterocycles. The zero-order valence-corrected chi connectivity index (χ0v) is 9.94. The van der Waals surface area contributed by atoms with Crippen molar-refractivity contribution < 1.29 is 0 Å². The third-order valence-corrected chi connectivity index (χ3v) is 3.18. The summed E-state index contributed by atoms with van der Waals surface area (Å²) in [6.07, 6.45) is 4.70. The van der Waals surface area contributed by atoms with Crippen LogP contribution in [0.25, 0.3) is 11.3 Å². The molecule has 3 nitrogen and oxygen atoms in total. The summed E-state index contributed by atoms with van der Waals surface area (Å²) >= 11 is 1.74. The SMILES string of the molecule is CCCSc1ccc(-c2cccnc2)nn1. The molecule has 16 heavy (non-hydrogen) atoms. The fourth-order valence-electron chi connectivity index (χ4n) is 1.27. The van der Waals surface area contributed by atoms with Crippen molar-refractivity contribution in [1.82, 2.24) is 15.2 Å². The standard InChI is InChI=1S/C12H13N3S/c1-2-8-16-12-6-5-11(14-15-12)10-4-3-7-13-9-10/h3-7,9H,2,8H2,1H3. The molecule has 0 amide bonds. The van der Waals surface area contributed by atoms with E-state index in [0.717, 1.165) is 28.5 Å². The van der Waals surface area contributed by atoms with Crippen LogP contribution in [0.1, 0.15) is 13.3 Å². The Morgan fingerprint density at radius 2 is 2.12 bits per heavy atom. The molecule has 0 aliphatic rings. The lowest BCUT2D eigenvalue weighted by molar-refractivity contribution is 0.932. The van der Waals surface area contributed by atoms with Gasteiger partial charge in [0, 0.05) is 18.0 Å². The molecular formula is C12H13N3S. The fourth-order valence-corrected chi connectivity index (χ4v) is 1.95. The van der Waals surface area contributed by atoms with Gasteiger partial charge in [-0.15, -0.1) is 22.0 Å². The van der Waals surface area contributed by atoms with Crippen molar-refractivity contribution in [3.63, 3.8) is 0 Å². The molecule has 2 aromatic rings. The van der Waals surface area contributed by atoms with Gasteiger partial charge >= 0.3 is 0 Å². The van der Waals surface area contributed by atoms with Crippen LogP contribution < -0.4 is 0 Å². The van der Waals surface area contributed by atoms with E-state index in [2.05, 4.69) is 22.1 Å². The van der Waals surface area contributed by atoms with Gasteiger partial charge in [0.15, 0.2) is 0 Å². The fraction of sp³-hybridized carbons (Fsp3) is 0.250. The summed E-state index contributed by atoms with van der Waals surface area (Å²) in [6, 6.07) is 7.88. The molecule has 82 valence electrons. The Balaban J connectivity index is 2.13. The highest BCUT2D eigenvalue weighted by Gasteiger charge is 2.00. The molecule has 0 fully saturated rings. The van der Waals surface area contributed by atoms with Crippen molar-refractivity contribution in [2.24, 2.45) is 0 Å². The summed E-state index contributed by atoms with van der Waals surface area (Å²) < 4.78 is 0. The molecule has 0 spiro atoms. The minimum Gasteiger partial charge on any atom is -0.264 e. The van der Waals surface area contributed by atoms with Gasteiger partial charge in [-0.05, 0) is 36.4 Å². The van der Waals surface area contributed by atoms with Crippen molar-refractivity contribution in [2.75, 3.05) is 5.75 Å². The van der Waals surface area contributed by atoms with Crippen LogP contribution in [-0.4, -0.2) is 20.9 Å². The monoisotopic (exact) mass is 231 g/mol. The first-order valence-corrected chi connectivity index (χ1v) is 6.25. The molecule has 0 radical (unpaired) electrons. The number of aromatic nitrogens is 3. The van der Waals surface area contributed by atoms with E-state index < -0.39 is 0 Å². The number of hydrogen-bond acceptors (Lipinski definition) is 4. The van der Waals surface area contributed by atoms with Crippen LogP contribution in [0, 0.1) is 0 Å². The predicted octanol–water partition coefficient (Wildman–Crippen LogP) is 3.04. The third-order valence-electron chi connectivity index (χ3n) is 2.05. The van der Waals surface area contributed by atoms with Crippen LogP contribution in [0.3, 0.4) is 0 Å². The van der Waals surface area contributed by atoms with Crippen LogP contribution in [0.15, 0.2) is 41.7 Å². The van der Waals surface area contributed by atoms with E-state index >= 15 is 0 Å². The summed E-state index contributed by atoms with van der Waals surface area (Å²) in [7, 11) is 0. The molecule has 0 N–H and O–H groups in total. The third kappa shape index (κ3) is 2.79. The number of rotatable bonds is 4. The topological polar surface area (TPSA) is 38.7 Å². The molecule has 2 heterocycles. The van der Waals surface area contributed by atoms with E-state index in [9.17, 15) is 0 Å². The molecule has 0 unspecified atom stereocenters. The van der Waals surface area contributed by atoms with Crippen molar-refractivity contribution >= 4 is 11.8 Å². The molecule has 0 saturated heterocycles. The minimum atomic E-state index is 0.869. The molecule has 0 bridgehead atoms. The average molecular weight is 231 g/mol. The van der Waals surface area contributed by atoms with Gasteiger partial charge in [0.1, 0.15) is 5.03 Å². The second-order valence-electron chi connectivity index (χ2n) is 3.35. The maximum Gasteiger partial charge on any atom is 0.119 e. The maximum absolute atomic E-state index is 4.19. The Kier molecular flexibility index (Phi) is 3.88. The van der Waals surface area contributed by atoms with E-state index in [1.54, 1.807) is 24.2 Å². The summed E-state index contributed by atoms with van der Waals surface area (Å²) in [5, 5.41) is 9.35. The van der Waals surface area contributed by atoms with Crippen LogP contribution >= 0.6 is 11.8 Å². The van der Waals surface area contributed by atoms with E-state index in [1.807, 2.05) is 24.3 Å². The first-order valence-electron chi connectivity index (χ1n) is 5.27. The number of thioether (sulfide) groups is 1. The second-order valence-corrected chi connectivity index (χ2v) is 4.46. The van der Waals surface area contributed by atoms with Gasteiger partial charge < -0.3 is 0 Å². The zero-order valence-electron chi connectivity index (χ0n) is 9.13. The Morgan fingerprint density at radius 3 is 2.75 bits per heavy atom. The molecule has 2 rings (SSSR count). The van der Waals surface area contributed by atoms with Crippen molar-refractivity contribution in [3.05, 3.63) is 36.7 Å². The number of nitrogens with zero attached hydrogens (tertiary/aromatic N) is 3. The molecule has 2 aromatic heterocycles. The van der Waals surface area contributed by atoms with Gasteiger partial charge in [0.05, 0.1) is 5.69 Å². The van der Waals surface area contributed by atoms with Gasteiger partial charge in [0.2, 0.25) is 0 Å². The van der Waals surface area contributed by atoms with Crippen LogP contribution in [0.4, 0.5) is 0 Å². The van der Waals surface area contributed by atoms with Crippen LogP contribution in [-0.2, 0) is 0 Å². The van der Waals surface area contributed by atoms with Crippen LogP contribution in [0.2, 0.25) is 0 Å². The van der Waals surface area contributed by atoms with Gasteiger partial charge in [-0.3, -0.25) is 4.98 Å². The highest BCUT2D eigenvalue weighted by atomic mass is 32.2. The highest BCUT2D eigenvalue weighted by Crippen LogP contribution is 2.19. The summed E-state index contributed by atoms with van der Waals surface area (Å²) in [4.78, 5) is 4.06. The average Bonchev–Trinajstić information content (AvgIpc) is 2.38. The lowest BCUT2D eigenvalue weighted by Crippen LogP contribution is -1.90. The summed E-state index contributed by atoms with van der Waals surface area (Å²) in [5.41, 5.74) is 1.87. The molecule has 0 atom stereocenters. The number of hydrogen-bond donors (Lipinski definition) is 0. The number of pyridine rings is 1. The van der Waals surface area contributed by atoms with E-state index in [0.29, 0.717) is 0 Å². The zero-order chi connectivity index (χ0) is 11.2. The highest BCUT2D eigenvalue weighted by molar-refractivity contribution is 7.99. The smallest absolute Gasteiger partial charge is 0.119 e. The summed E-state index contributed by atoms with van der Waals surface area (Å²) in [6.45, 7) is 2.16. The van der Waals surface area contributed by atoms with E-state index in [4.69, 9.17) is 0 Å². The molecule has 0 aliphatic carbocycles. The van der Waals surface area contributed by atoms with Crippen molar-refractivity contribution in [3.8, 4) is 11.3 Å². The Morgan fingerprint density at radius 1 is 1.19 bits per heavy atom. The molecule has 0 aromatic carbocycles. The first-order chi connectivity index (χ1) is 7.90. The predicted molar refractivity (Wildman–Crippen MR) is 66.3 cm³/mol. The Labute approximate surface area is 99.3 Å². The van der Waals surface area contributed by atoms with E-state index in [1.165, 1.54) is 0 Å². The van der Waals surface area contributed by atoms with Crippen molar-refractivity contribution in [2.45, 2.75) is 18.4 Å². The van der Waals surface area contributed by atoms with Gasteiger partial charge in [-0.2, -0.15) is 0 Å². The lowest BCUT2D eigenvalue weighted by Gasteiger charge is -2.00. The second kappa shape index (κ2) is 5.61. The lowest BCUT2D eigenvalue weighted by atomic mass is 10.2. The Bertz CT molecular complexity index is 428. The quantitative estimate of drug-likeness (QED) is 0.758. The van der Waals surface area contributed by atoms with Gasteiger partial charge in [0.25, 0.3) is 0 Å². The summed E-state index contributed by atoms with van der Waals surface area (Å²) in [5.74, 6) is 1.08. The first kappa shape index (κ1) is 11.1. The van der Waals surface area contributed by atoms with Crippen LogP contribution in [0.5, 0.6) is 0 Å².